The summed E-state index contributed by atoms with van der Waals surface area (Å²) in [5.74, 6) is -2.31. The van der Waals surface area contributed by atoms with Crippen LogP contribution in [0.1, 0.15) is 27.2 Å². The zero-order valence-electron chi connectivity index (χ0n) is 11.3. The van der Waals surface area contributed by atoms with Gasteiger partial charge in [-0.3, -0.25) is 14.2 Å². The third kappa shape index (κ3) is 7.27. The molecule has 6 N–H and O–H groups in total. The van der Waals surface area contributed by atoms with Gasteiger partial charge in [0.25, 0.3) is 0 Å². The zero-order chi connectivity index (χ0) is 15.2. The number of nitrogens with two attached hydrogens (primary N) is 1. The molecule has 19 heavy (non-hydrogen) atoms. The highest BCUT2D eigenvalue weighted by atomic mass is 31.2. The molecule has 0 unspecified atom stereocenters. The standard InChI is InChI=1S/C10H22N3O5P/c1-6(2)4-8(13-9(14)5-11)10(15)12-7(3)19(16,17)18/h6-8H,4-5,11H2,1-3H3,(H,12,15)(H,13,14)(H2,16,17,18)/t7-,8-/m0/s1. The summed E-state index contributed by atoms with van der Waals surface area (Å²) in [6, 6.07) is -0.856. The van der Waals surface area contributed by atoms with Gasteiger partial charge >= 0.3 is 7.60 Å². The normalized spacial score (nSPS) is 14.9. The summed E-state index contributed by atoms with van der Waals surface area (Å²) in [5.41, 5.74) is 5.15. The molecule has 2 atom stereocenters. The fourth-order valence-electron chi connectivity index (χ4n) is 1.35. The molecular weight excluding hydrogens is 273 g/mol. The highest BCUT2D eigenvalue weighted by Gasteiger charge is 2.29. The first-order valence-electron chi connectivity index (χ1n) is 5.93. The molecule has 0 aliphatic carbocycles. The largest absolute Gasteiger partial charge is 0.347 e. The van der Waals surface area contributed by atoms with Crippen LogP contribution in [-0.4, -0.2) is 40.0 Å². The lowest BCUT2D eigenvalue weighted by Crippen LogP contribution is -2.50. The zero-order valence-corrected chi connectivity index (χ0v) is 12.2. The van der Waals surface area contributed by atoms with Crippen molar-refractivity contribution < 1.29 is 23.9 Å². The van der Waals surface area contributed by atoms with E-state index in [0.717, 1.165) is 0 Å². The van der Waals surface area contributed by atoms with Crippen molar-refractivity contribution in [3.63, 3.8) is 0 Å². The van der Waals surface area contributed by atoms with Crippen molar-refractivity contribution in [2.45, 2.75) is 39.0 Å². The lowest BCUT2D eigenvalue weighted by atomic mass is 10.0. The quantitative estimate of drug-likeness (QED) is 0.386. The Kier molecular flexibility index (Phi) is 7.21. The molecule has 112 valence electrons. The number of carbonyl (C=O) groups excluding carboxylic acids is 2. The first-order chi connectivity index (χ1) is 8.57. The average Bonchev–Trinajstić information content (AvgIpc) is 2.25. The number of amides is 2. The summed E-state index contributed by atoms with van der Waals surface area (Å²) in [5, 5.41) is 4.62. The van der Waals surface area contributed by atoms with Crippen molar-refractivity contribution in [3.8, 4) is 0 Å². The number of carbonyl (C=O) groups is 2. The van der Waals surface area contributed by atoms with Crippen LogP contribution in [0.3, 0.4) is 0 Å². The maximum Gasteiger partial charge on any atom is 0.347 e. The fraction of sp³-hybridized carbons (Fsp3) is 0.800. The SMILES string of the molecule is CC(C)C[C@H](NC(=O)CN)C(=O)N[C@H](C)P(=O)(O)O. The minimum absolute atomic E-state index is 0.124. The van der Waals surface area contributed by atoms with Crippen LogP contribution < -0.4 is 16.4 Å². The third-order valence-corrected chi connectivity index (χ3v) is 3.54. The van der Waals surface area contributed by atoms with Crippen LogP contribution in [0, 0.1) is 5.92 Å². The van der Waals surface area contributed by atoms with Crippen LogP contribution in [0.5, 0.6) is 0 Å². The Morgan fingerprint density at radius 3 is 2.11 bits per heavy atom. The van der Waals surface area contributed by atoms with Crippen LogP contribution in [0.4, 0.5) is 0 Å². The molecule has 0 aromatic carbocycles. The number of nitrogens with one attached hydrogen (secondary N) is 2. The van der Waals surface area contributed by atoms with E-state index in [4.69, 9.17) is 15.5 Å². The Hall–Kier alpha value is -0.950. The Morgan fingerprint density at radius 1 is 1.21 bits per heavy atom. The fourth-order valence-corrected chi connectivity index (χ4v) is 1.64. The molecule has 0 spiro atoms. The lowest BCUT2D eigenvalue weighted by Gasteiger charge is -2.22. The Balaban J connectivity index is 4.71. The van der Waals surface area contributed by atoms with Crippen molar-refractivity contribution in [1.82, 2.24) is 10.6 Å². The summed E-state index contributed by atoms with van der Waals surface area (Å²) in [7, 11) is -4.40. The summed E-state index contributed by atoms with van der Waals surface area (Å²) in [4.78, 5) is 40.9. The summed E-state index contributed by atoms with van der Waals surface area (Å²) in [6.07, 6.45) is 0.353. The van der Waals surface area contributed by atoms with E-state index in [0.29, 0.717) is 6.42 Å². The number of hydrogen-bond acceptors (Lipinski definition) is 4. The molecule has 0 aromatic heterocycles. The molecule has 0 aliphatic heterocycles. The molecule has 9 heteroatoms. The van der Waals surface area contributed by atoms with Gasteiger partial charge in [0, 0.05) is 0 Å². The molecule has 0 heterocycles. The van der Waals surface area contributed by atoms with Gasteiger partial charge in [0.1, 0.15) is 11.8 Å². The van der Waals surface area contributed by atoms with E-state index in [2.05, 4.69) is 10.6 Å². The van der Waals surface area contributed by atoms with E-state index in [1.54, 1.807) is 0 Å². The molecule has 0 rings (SSSR count). The van der Waals surface area contributed by atoms with Gasteiger partial charge < -0.3 is 26.2 Å². The van der Waals surface area contributed by atoms with E-state index in [-0.39, 0.29) is 12.5 Å². The van der Waals surface area contributed by atoms with Crippen LogP contribution in [0.15, 0.2) is 0 Å². The second kappa shape index (κ2) is 7.59. The average molecular weight is 295 g/mol. The maximum atomic E-state index is 11.9. The Labute approximate surface area is 112 Å². The molecule has 2 amide bonds. The van der Waals surface area contributed by atoms with Crippen molar-refractivity contribution >= 4 is 19.4 Å². The van der Waals surface area contributed by atoms with Crippen molar-refractivity contribution in [1.29, 1.82) is 0 Å². The van der Waals surface area contributed by atoms with E-state index in [1.165, 1.54) is 6.92 Å². The highest BCUT2D eigenvalue weighted by molar-refractivity contribution is 7.52. The Morgan fingerprint density at radius 2 is 1.74 bits per heavy atom. The van der Waals surface area contributed by atoms with Crippen LogP contribution in [0.25, 0.3) is 0 Å². The minimum atomic E-state index is -4.40. The number of hydrogen-bond donors (Lipinski definition) is 5. The molecule has 0 saturated carbocycles. The second-order valence-electron chi connectivity index (χ2n) is 4.73. The smallest absolute Gasteiger partial charge is 0.343 e. The molecule has 0 radical (unpaired) electrons. The van der Waals surface area contributed by atoms with Crippen molar-refractivity contribution in [2.75, 3.05) is 6.54 Å². The molecule has 0 saturated heterocycles. The molecular formula is C10H22N3O5P. The third-order valence-electron chi connectivity index (χ3n) is 2.40. The summed E-state index contributed by atoms with van der Waals surface area (Å²) < 4.78 is 11.0. The van der Waals surface area contributed by atoms with Gasteiger partial charge in [-0.2, -0.15) is 0 Å². The maximum absolute atomic E-state index is 11.9. The molecule has 0 fully saturated rings. The highest BCUT2D eigenvalue weighted by Crippen LogP contribution is 2.39. The van der Waals surface area contributed by atoms with Gasteiger partial charge in [-0.15, -0.1) is 0 Å². The van der Waals surface area contributed by atoms with Gasteiger partial charge in [0.05, 0.1) is 6.54 Å². The van der Waals surface area contributed by atoms with E-state index in [1.807, 2.05) is 13.8 Å². The molecule has 0 bridgehead atoms. The van der Waals surface area contributed by atoms with Gasteiger partial charge in [-0.1, -0.05) is 13.8 Å². The lowest BCUT2D eigenvalue weighted by molar-refractivity contribution is -0.128. The monoisotopic (exact) mass is 295 g/mol. The van der Waals surface area contributed by atoms with Gasteiger partial charge in [0.2, 0.25) is 11.8 Å². The summed E-state index contributed by atoms with van der Waals surface area (Å²) >= 11 is 0. The van der Waals surface area contributed by atoms with E-state index in [9.17, 15) is 14.2 Å². The first-order valence-corrected chi connectivity index (χ1v) is 7.61. The predicted molar refractivity (Wildman–Crippen MR) is 70.1 cm³/mol. The van der Waals surface area contributed by atoms with Crippen molar-refractivity contribution in [3.05, 3.63) is 0 Å². The van der Waals surface area contributed by atoms with Crippen LogP contribution >= 0.6 is 7.60 Å². The van der Waals surface area contributed by atoms with Crippen molar-refractivity contribution in [2.24, 2.45) is 11.7 Å². The van der Waals surface area contributed by atoms with E-state index >= 15 is 0 Å². The molecule has 0 aromatic rings. The predicted octanol–water partition coefficient (Wildman–Crippen LogP) is -0.884. The van der Waals surface area contributed by atoms with Crippen LogP contribution in [-0.2, 0) is 14.2 Å². The topological polar surface area (TPSA) is 142 Å². The molecule has 0 aliphatic rings. The Bertz CT molecular complexity index is 368. The molecule has 8 nitrogen and oxygen atoms in total. The first kappa shape index (κ1) is 18.0. The van der Waals surface area contributed by atoms with Crippen LogP contribution in [0.2, 0.25) is 0 Å². The minimum Gasteiger partial charge on any atom is -0.343 e. The van der Waals surface area contributed by atoms with Gasteiger partial charge in [-0.05, 0) is 19.3 Å². The second-order valence-corrected chi connectivity index (χ2v) is 6.68. The van der Waals surface area contributed by atoms with E-state index < -0.39 is 31.2 Å². The van der Waals surface area contributed by atoms with Gasteiger partial charge in [0.15, 0.2) is 0 Å². The summed E-state index contributed by atoms with van der Waals surface area (Å²) in [6.45, 7) is 4.67. The van der Waals surface area contributed by atoms with Gasteiger partial charge in [-0.25, -0.2) is 0 Å². The number of rotatable bonds is 7.